The topological polar surface area (TPSA) is 49.8 Å². The van der Waals surface area contributed by atoms with Crippen LogP contribution in [-0.4, -0.2) is 35.2 Å². The Balaban J connectivity index is 1.97. The van der Waals surface area contributed by atoms with Crippen molar-refractivity contribution in [2.45, 2.75) is 37.8 Å². The van der Waals surface area contributed by atoms with Gasteiger partial charge in [-0.25, -0.2) is 4.39 Å². The Bertz CT molecular complexity index is 520. The van der Waals surface area contributed by atoms with Crippen molar-refractivity contribution >= 4 is 5.97 Å². The molecule has 1 fully saturated rings. The van der Waals surface area contributed by atoms with Gasteiger partial charge in [0, 0.05) is 11.6 Å². The van der Waals surface area contributed by atoms with Gasteiger partial charge in [0.15, 0.2) is 0 Å². The molecule has 1 aromatic carbocycles. The summed E-state index contributed by atoms with van der Waals surface area (Å²) >= 11 is 0. The lowest BCUT2D eigenvalue weighted by molar-refractivity contribution is -0.143. The van der Waals surface area contributed by atoms with E-state index in [1.807, 2.05) is 4.90 Å². The summed E-state index contributed by atoms with van der Waals surface area (Å²) < 4.78 is 19.2. The van der Waals surface area contributed by atoms with Crippen LogP contribution in [-0.2, 0) is 4.79 Å². The number of fused-ring (bicyclic) bond motifs is 1. The molecule has 5 heteroatoms. The lowest BCUT2D eigenvalue weighted by Gasteiger charge is -2.31. The molecule has 2 aliphatic heterocycles. The number of hydrogen-bond acceptors (Lipinski definition) is 3. The lowest BCUT2D eigenvalue weighted by Crippen LogP contribution is -2.38. The van der Waals surface area contributed by atoms with Crippen LogP contribution in [0.5, 0.6) is 5.75 Å². The van der Waals surface area contributed by atoms with Gasteiger partial charge in [-0.15, -0.1) is 0 Å². The first-order valence-corrected chi connectivity index (χ1v) is 7.07. The standard InChI is InChI=1S/C15H18FNO3/c16-10-5-6-14-11(9-10)12(4-2-8-20-14)17-7-1-3-13(17)15(18)19/h5-6,9,12-13H,1-4,7-8H2,(H,18,19). The summed E-state index contributed by atoms with van der Waals surface area (Å²) in [6.45, 7) is 1.35. The summed E-state index contributed by atoms with van der Waals surface area (Å²) in [6.07, 6.45) is 3.19. The highest BCUT2D eigenvalue weighted by molar-refractivity contribution is 5.74. The molecular formula is C15H18FNO3. The second kappa shape index (κ2) is 5.40. The summed E-state index contributed by atoms with van der Waals surface area (Å²) in [5.74, 6) is -0.402. The van der Waals surface area contributed by atoms with Crippen molar-refractivity contribution in [2.75, 3.05) is 13.2 Å². The zero-order chi connectivity index (χ0) is 14.1. The van der Waals surface area contributed by atoms with Crippen LogP contribution in [0.3, 0.4) is 0 Å². The molecule has 0 amide bonds. The average molecular weight is 279 g/mol. The second-order valence-corrected chi connectivity index (χ2v) is 5.42. The van der Waals surface area contributed by atoms with Crippen LogP contribution >= 0.6 is 0 Å². The van der Waals surface area contributed by atoms with Gasteiger partial charge in [-0.3, -0.25) is 9.69 Å². The van der Waals surface area contributed by atoms with Gasteiger partial charge in [0.2, 0.25) is 0 Å². The fourth-order valence-electron chi connectivity index (χ4n) is 3.30. The Morgan fingerprint density at radius 1 is 1.35 bits per heavy atom. The van der Waals surface area contributed by atoms with Crippen molar-refractivity contribution in [1.82, 2.24) is 4.90 Å². The Hall–Kier alpha value is -1.62. The van der Waals surface area contributed by atoms with Crippen LogP contribution in [0.2, 0.25) is 0 Å². The van der Waals surface area contributed by atoms with Crippen LogP contribution < -0.4 is 4.74 Å². The van der Waals surface area contributed by atoms with Gasteiger partial charge in [0.1, 0.15) is 17.6 Å². The maximum Gasteiger partial charge on any atom is 0.320 e. The number of likely N-dealkylation sites (tertiary alicyclic amines) is 1. The predicted octanol–water partition coefficient (Wildman–Crippen LogP) is 2.59. The van der Waals surface area contributed by atoms with Crippen LogP contribution in [0.1, 0.15) is 37.3 Å². The number of hydrogen-bond donors (Lipinski definition) is 1. The van der Waals surface area contributed by atoms with E-state index < -0.39 is 12.0 Å². The zero-order valence-corrected chi connectivity index (χ0v) is 11.2. The molecule has 1 saturated heterocycles. The maximum atomic E-state index is 13.6. The number of carboxylic acid groups (broad SMARTS) is 1. The highest BCUT2D eigenvalue weighted by Crippen LogP contribution is 2.39. The van der Waals surface area contributed by atoms with Gasteiger partial charge in [-0.1, -0.05) is 0 Å². The summed E-state index contributed by atoms with van der Waals surface area (Å²) in [5, 5.41) is 9.34. The van der Waals surface area contributed by atoms with Gasteiger partial charge in [-0.2, -0.15) is 0 Å². The largest absolute Gasteiger partial charge is 0.493 e. The molecule has 2 unspecified atom stereocenters. The van der Waals surface area contributed by atoms with Gasteiger partial charge in [0.05, 0.1) is 6.61 Å². The molecule has 0 saturated carbocycles. The third-order valence-corrected chi connectivity index (χ3v) is 4.19. The minimum absolute atomic E-state index is 0.0631. The molecule has 0 spiro atoms. The molecule has 1 N–H and O–H groups in total. The summed E-state index contributed by atoms with van der Waals surface area (Å²) in [4.78, 5) is 13.4. The van der Waals surface area contributed by atoms with Crippen molar-refractivity contribution in [1.29, 1.82) is 0 Å². The number of nitrogens with zero attached hydrogens (tertiary/aromatic N) is 1. The van der Waals surface area contributed by atoms with E-state index in [4.69, 9.17) is 4.74 Å². The quantitative estimate of drug-likeness (QED) is 0.904. The van der Waals surface area contributed by atoms with Gasteiger partial charge in [-0.05, 0) is 50.4 Å². The number of halogens is 1. The lowest BCUT2D eigenvalue weighted by atomic mass is 9.99. The van der Waals surface area contributed by atoms with Crippen molar-refractivity contribution in [3.05, 3.63) is 29.6 Å². The number of carboxylic acids is 1. The molecule has 0 aromatic heterocycles. The van der Waals surface area contributed by atoms with E-state index in [2.05, 4.69) is 0 Å². The Labute approximate surface area is 117 Å². The molecular weight excluding hydrogens is 261 g/mol. The molecule has 3 rings (SSSR count). The normalized spacial score (nSPS) is 26.6. The van der Waals surface area contributed by atoms with E-state index in [0.29, 0.717) is 18.8 Å². The van der Waals surface area contributed by atoms with E-state index in [0.717, 1.165) is 31.4 Å². The molecule has 0 bridgehead atoms. The Kier molecular flexibility index (Phi) is 3.61. The number of benzene rings is 1. The average Bonchev–Trinajstić information content (AvgIpc) is 2.81. The molecule has 108 valence electrons. The molecule has 4 nitrogen and oxygen atoms in total. The minimum atomic E-state index is -0.786. The van der Waals surface area contributed by atoms with Crippen molar-refractivity contribution < 1.29 is 19.0 Å². The highest BCUT2D eigenvalue weighted by Gasteiger charge is 2.37. The number of aliphatic carboxylic acids is 1. The fourth-order valence-corrected chi connectivity index (χ4v) is 3.30. The molecule has 2 aliphatic rings. The number of carbonyl (C=O) groups is 1. The Morgan fingerprint density at radius 2 is 2.20 bits per heavy atom. The molecule has 0 radical (unpaired) electrons. The van der Waals surface area contributed by atoms with Crippen molar-refractivity contribution in [3.8, 4) is 5.75 Å². The second-order valence-electron chi connectivity index (χ2n) is 5.42. The summed E-state index contributed by atoms with van der Waals surface area (Å²) in [6, 6.07) is 4.00. The van der Waals surface area contributed by atoms with Gasteiger partial charge < -0.3 is 9.84 Å². The van der Waals surface area contributed by atoms with E-state index in [9.17, 15) is 14.3 Å². The highest BCUT2D eigenvalue weighted by atomic mass is 19.1. The van der Waals surface area contributed by atoms with E-state index >= 15 is 0 Å². The first kappa shape index (κ1) is 13.4. The smallest absolute Gasteiger partial charge is 0.320 e. The van der Waals surface area contributed by atoms with E-state index in [1.165, 1.54) is 12.1 Å². The third kappa shape index (κ3) is 2.38. The molecule has 20 heavy (non-hydrogen) atoms. The number of rotatable bonds is 2. The van der Waals surface area contributed by atoms with Crippen molar-refractivity contribution in [2.24, 2.45) is 0 Å². The van der Waals surface area contributed by atoms with Crippen LogP contribution in [0.25, 0.3) is 0 Å². The maximum absolute atomic E-state index is 13.6. The summed E-state index contributed by atoms with van der Waals surface area (Å²) in [7, 11) is 0. The van der Waals surface area contributed by atoms with Crippen LogP contribution in [0.15, 0.2) is 18.2 Å². The van der Waals surface area contributed by atoms with Crippen molar-refractivity contribution in [3.63, 3.8) is 0 Å². The predicted molar refractivity (Wildman–Crippen MR) is 71.2 cm³/mol. The molecule has 2 heterocycles. The van der Waals surface area contributed by atoms with E-state index in [1.54, 1.807) is 6.07 Å². The molecule has 1 aromatic rings. The number of ether oxygens (including phenoxy) is 1. The molecule has 2 atom stereocenters. The third-order valence-electron chi connectivity index (χ3n) is 4.19. The SMILES string of the molecule is O=C(O)C1CCCN1C1CCCOc2ccc(F)cc21. The van der Waals surface area contributed by atoms with Crippen LogP contribution in [0.4, 0.5) is 4.39 Å². The zero-order valence-electron chi connectivity index (χ0n) is 11.2. The van der Waals surface area contributed by atoms with E-state index in [-0.39, 0.29) is 11.9 Å². The monoisotopic (exact) mass is 279 g/mol. The first-order valence-electron chi connectivity index (χ1n) is 7.07. The Morgan fingerprint density at radius 3 is 3.00 bits per heavy atom. The fraction of sp³-hybridized carbons (Fsp3) is 0.533. The summed E-state index contributed by atoms with van der Waals surface area (Å²) in [5.41, 5.74) is 0.788. The van der Waals surface area contributed by atoms with Crippen LogP contribution in [0, 0.1) is 5.82 Å². The van der Waals surface area contributed by atoms with Gasteiger partial charge in [0.25, 0.3) is 0 Å². The first-order chi connectivity index (χ1) is 9.66. The molecule has 0 aliphatic carbocycles. The van der Waals surface area contributed by atoms with Gasteiger partial charge >= 0.3 is 5.97 Å². The minimum Gasteiger partial charge on any atom is -0.493 e.